The number of benzene rings is 1. The first-order valence-corrected chi connectivity index (χ1v) is 7.08. The van der Waals surface area contributed by atoms with Crippen molar-refractivity contribution in [3.8, 4) is 23.6 Å². The lowest BCUT2D eigenvalue weighted by Crippen LogP contribution is -2.00. The van der Waals surface area contributed by atoms with E-state index in [1.54, 1.807) is 0 Å². The molecule has 0 spiro atoms. The van der Waals surface area contributed by atoms with Crippen molar-refractivity contribution in [2.75, 3.05) is 0 Å². The maximum Gasteiger partial charge on any atom is 0.0945 e. The molecule has 0 aliphatic rings. The van der Waals surface area contributed by atoms with Crippen LogP contribution in [-0.2, 0) is 6.54 Å². The lowest BCUT2D eigenvalue weighted by atomic mass is 10.1. The van der Waals surface area contributed by atoms with E-state index in [-0.39, 0.29) is 12.4 Å². The molecule has 22 heavy (non-hydrogen) atoms. The van der Waals surface area contributed by atoms with Gasteiger partial charge in [0, 0.05) is 22.8 Å². The summed E-state index contributed by atoms with van der Waals surface area (Å²) in [5, 5.41) is 1.23. The zero-order chi connectivity index (χ0) is 15.0. The van der Waals surface area contributed by atoms with E-state index >= 15 is 0 Å². The average molecular weight is 311 g/mol. The van der Waals surface area contributed by atoms with Crippen LogP contribution in [0.25, 0.3) is 22.2 Å². The normalized spacial score (nSPS) is 10.3. The Bertz CT molecular complexity index is 852. The molecule has 2 aromatic heterocycles. The number of fused-ring (bicyclic) bond motifs is 1. The van der Waals surface area contributed by atoms with Crippen LogP contribution in [0.4, 0.5) is 0 Å². The quantitative estimate of drug-likeness (QED) is 0.628. The van der Waals surface area contributed by atoms with E-state index in [1.807, 2.05) is 6.20 Å². The molecule has 0 aliphatic heterocycles. The molecule has 0 saturated carbocycles. The van der Waals surface area contributed by atoms with Gasteiger partial charge < -0.3 is 4.57 Å². The van der Waals surface area contributed by atoms with Gasteiger partial charge in [-0.25, -0.2) is 0 Å². The molecule has 0 radical (unpaired) electrons. The number of terminal acetylenes is 1. The Hall–Kier alpha value is -2.24. The van der Waals surface area contributed by atoms with Gasteiger partial charge in [0.25, 0.3) is 0 Å². The molecular formula is C19H19ClN2. The minimum atomic E-state index is 0. The first kappa shape index (κ1) is 16.1. The number of hydrogen-bond donors (Lipinski definition) is 0. The smallest absolute Gasteiger partial charge is 0.0945 e. The van der Waals surface area contributed by atoms with Gasteiger partial charge in [0.2, 0.25) is 0 Å². The second-order valence-corrected chi connectivity index (χ2v) is 5.42. The predicted molar refractivity (Wildman–Crippen MR) is 95.5 cm³/mol. The Morgan fingerprint density at radius 2 is 1.77 bits per heavy atom. The number of pyridine rings is 1. The third-order valence-electron chi connectivity index (χ3n) is 4.12. The second kappa shape index (κ2) is 6.25. The molecule has 112 valence electrons. The molecule has 0 saturated heterocycles. The van der Waals surface area contributed by atoms with Crippen molar-refractivity contribution < 1.29 is 0 Å². The van der Waals surface area contributed by atoms with E-state index in [0.29, 0.717) is 6.54 Å². The van der Waals surface area contributed by atoms with Gasteiger partial charge >= 0.3 is 0 Å². The fraction of sp³-hybridized carbons (Fsp3) is 0.211. The van der Waals surface area contributed by atoms with Crippen LogP contribution in [0.2, 0.25) is 0 Å². The maximum atomic E-state index is 5.55. The summed E-state index contributed by atoms with van der Waals surface area (Å²) in [7, 11) is 0. The van der Waals surface area contributed by atoms with Crippen LogP contribution in [0.3, 0.4) is 0 Å². The lowest BCUT2D eigenvalue weighted by molar-refractivity contribution is 0.841. The molecule has 2 heterocycles. The Balaban J connectivity index is 0.00000176. The number of halogens is 1. The van der Waals surface area contributed by atoms with Crippen LogP contribution in [0.1, 0.15) is 16.8 Å². The van der Waals surface area contributed by atoms with E-state index in [0.717, 1.165) is 16.8 Å². The Morgan fingerprint density at radius 1 is 1.09 bits per heavy atom. The average Bonchev–Trinajstić information content (AvgIpc) is 2.74. The van der Waals surface area contributed by atoms with E-state index in [1.165, 1.54) is 22.2 Å². The van der Waals surface area contributed by atoms with Gasteiger partial charge in [0.05, 0.1) is 17.8 Å². The number of hydrogen-bond acceptors (Lipinski definition) is 1. The third kappa shape index (κ3) is 2.49. The Morgan fingerprint density at radius 3 is 2.41 bits per heavy atom. The van der Waals surface area contributed by atoms with Gasteiger partial charge in [0.1, 0.15) is 0 Å². The number of aromatic nitrogens is 2. The van der Waals surface area contributed by atoms with Crippen molar-refractivity contribution in [1.29, 1.82) is 0 Å². The molecule has 0 N–H and O–H groups in total. The minimum Gasteiger partial charge on any atom is -0.331 e. The summed E-state index contributed by atoms with van der Waals surface area (Å²) in [5.41, 5.74) is 6.99. The number of nitrogens with zero attached hydrogens (tertiary/aromatic N) is 2. The summed E-state index contributed by atoms with van der Waals surface area (Å²) in [6.07, 6.45) is 7.43. The lowest BCUT2D eigenvalue weighted by Gasteiger charge is -2.08. The van der Waals surface area contributed by atoms with E-state index in [2.05, 4.69) is 66.6 Å². The number of rotatable bonds is 2. The summed E-state index contributed by atoms with van der Waals surface area (Å²) in [4.78, 5) is 4.61. The molecule has 3 rings (SSSR count). The minimum absolute atomic E-state index is 0. The van der Waals surface area contributed by atoms with E-state index < -0.39 is 0 Å². The molecular weight excluding hydrogens is 292 g/mol. The SMILES string of the molecule is C#CCn1c(C)c(C)c2ccnc(-c3ccc(C)cc3)c21.Cl. The van der Waals surface area contributed by atoms with Crippen molar-refractivity contribution in [3.63, 3.8) is 0 Å². The highest BCUT2D eigenvalue weighted by Crippen LogP contribution is 2.32. The molecule has 0 amide bonds. The molecule has 1 aromatic carbocycles. The van der Waals surface area contributed by atoms with Gasteiger partial charge in [-0.05, 0) is 32.4 Å². The van der Waals surface area contributed by atoms with Gasteiger partial charge in [-0.15, -0.1) is 18.8 Å². The summed E-state index contributed by atoms with van der Waals surface area (Å²) in [6, 6.07) is 10.5. The summed E-state index contributed by atoms with van der Waals surface area (Å²) in [5.74, 6) is 2.75. The molecule has 3 heteroatoms. The maximum absolute atomic E-state index is 5.55. The van der Waals surface area contributed by atoms with Crippen molar-refractivity contribution in [2.24, 2.45) is 0 Å². The molecule has 0 unspecified atom stereocenters. The Kier molecular flexibility index (Phi) is 4.59. The van der Waals surface area contributed by atoms with Gasteiger partial charge in [-0.2, -0.15) is 0 Å². The Labute approximate surface area is 137 Å². The fourth-order valence-corrected chi connectivity index (χ4v) is 2.81. The topological polar surface area (TPSA) is 17.8 Å². The molecule has 0 fully saturated rings. The summed E-state index contributed by atoms with van der Waals surface area (Å²) < 4.78 is 2.19. The first-order valence-electron chi connectivity index (χ1n) is 7.08. The third-order valence-corrected chi connectivity index (χ3v) is 4.12. The zero-order valence-electron chi connectivity index (χ0n) is 13.1. The molecule has 0 atom stereocenters. The van der Waals surface area contributed by atoms with Crippen LogP contribution in [0, 0.1) is 33.1 Å². The van der Waals surface area contributed by atoms with Crippen molar-refractivity contribution >= 4 is 23.3 Å². The standard InChI is InChI=1S/C19H18N2.ClH/c1-5-12-21-15(4)14(3)17-10-11-20-18(19(17)21)16-8-6-13(2)7-9-16;/h1,6-11H,12H2,2-4H3;1H. The molecule has 3 aromatic rings. The van der Waals surface area contributed by atoms with Crippen LogP contribution in [0.15, 0.2) is 36.5 Å². The van der Waals surface area contributed by atoms with Gasteiger partial charge in [-0.3, -0.25) is 4.98 Å². The second-order valence-electron chi connectivity index (χ2n) is 5.42. The highest BCUT2D eigenvalue weighted by molar-refractivity contribution is 5.95. The fourth-order valence-electron chi connectivity index (χ4n) is 2.81. The zero-order valence-corrected chi connectivity index (χ0v) is 13.9. The van der Waals surface area contributed by atoms with Gasteiger partial charge in [0.15, 0.2) is 0 Å². The highest BCUT2D eigenvalue weighted by Gasteiger charge is 2.15. The predicted octanol–water partition coefficient (Wildman–Crippen LogP) is 4.68. The van der Waals surface area contributed by atoms with E-state index in [4.69, 9.17) is 6.42 Å². The largest absolute Gasteiger partial charge is 0.331 e. The van der Waals surface area contributed by atoms with Crippen molar-refractivity contribution in [2.45, 2.75) is 27.3 Å². The van der Waals surface area contributed by atoms with Gasteiger partial charge in [-0.1, -0.05) is 35.7 Å². The number of aryl methyl sites for hydroxylation is 2. The monoisotopic (exact) mass is 310 g/mol. The van der Waals surface area contributed by atoms with Crippen LogP contribution in [0.5, 0.6) is 0 Å². The van der Waals surface area contributed by atoms with Crippen LogP contribution in [-0.4, -0.2) is 9.55 Å². The molecule has 2 nitrogen and oxygen atoms in total. The first-order chi connectivity index (χ1) is 10.1. The van der Waals surface area contributed by atoms with Crippen LogP contribution >= 0.6 is 12.4 Å². The van der Waals surface area contributed by atoms with E-state index in [9.17, 15) is 0 Å². The van der Waals surface area contributed by atoms with Crippen LogP contribution < -0.4 is 0 Å². The van der Waals surface area contributed by atoms with Crippen molar-refractivity contribution in [3.05, 3.63) is 53.3 Å². The highest BCUT2D eigenvalue weighted by atomic mass is 35.5. The summed E-state index contributed by atoms with van der Waals surface area (Å²) >= 11 is 0. The van der Waals surface area contributed by atoms with Crippen molar-refractivity contribution in [1.82, 2.24) is 9.55 Å². The molecule has 0 bridgehead atoms. The summed E-state index contributed by atoms with van der Waals surface area (Å²) in [6.45, 7) is 6.92. The molecule has 0 aliphatic carbocycles.